The lowest BCUT2D eigenvalue weighted by molar-refractivity contribution is 0.308. The number of aromatic amines is 1. The van der Waals surface area contributed by atoms with E-state index in [4.69, 9.17) is 16.3 Å². The standard InChI is InChI=1S/C11H12ClNO/c12-6-3-7-14-11-8-9-4-1-2-5-10(9)13-11/h1-2,4-5,8,13H,3,6-7H2. The average molecular weight is 210 g/mol. The number of H-pyrrole nitrogens is 1. The number of nitrogens with one attached hydrogen (secondary N) is 1. The van der Waals surface area contributed by atoms with Crippen molar-refractivity contribution in [3.05, 3.63) is 30.3 Å². The van der Waals surface area contributed by atoms with Gasteiger partial charge in [-0.05, 0) is 12.5 Å². The fraction of sp³-hybridized carbons (Fsp3) is 0.273. The second-order valence-corrected chi connectivity index (χ2v) is 3.49. The summed E-state index contributed by atoms with van der Waals surface area (Å²) in [4.78, 5) is 3.19. The summed E-state index contributed by atoms with van der Waals surface area (Å²) in [7, 11) is 0. The zero-order valence-corrected chi connectivity index (χ0v) is 8.55. The third kappa shape index (κ3) is 2.02. The molecule has 14 heavy (non-hydrogen) atoms. The number of benzene rings is 1. The number of fused-ring (bicyclic) bond motifs is 1. The molecule has 1 N–H and O–H groups in total. The second-order valence-electron chi connectivity index (χ2n) is 3.11. The first-order valence-corrected chi connectivity index (χ1v) is 5.20. The first-order valence-electron chi connectivity index (χ1n) is 4.66. The zero-order chi connectivity index (χ0) is 9.80. The van der Waals surface area contributed by atoms with Gasteiger partial charge in [0, 0.05) is 22.8 Å². The van der Waals surface area contributed by atoms with Crippen molar-refractivity contribution in [1.29, 1.82) is 0 Å². The lowest BCUT2D eigenvalue weighted by atomic mass is 10.3. The van der Waals surface area contributed by atoms with Crippen LogP contribution in [-0.4, -0.2) is 17.5 Å². The summed E-state index contributed by atoms with van der Waals surface area (Å²) < 4.78 is 5.49. The SMILES string of the molecule is ClCCCOc1cc2ccccc2[nH]1. The molecule has 3 heteroatoms. The first kappa shape index (κ1) is 9.41. The number of ether oxygens (including phenoxy) is 1. The molecule has 0 aliphatic heterocycles. The van der Waals surface area contributed by atoms with E-state index >= 15 is 0 Å². The van der Waals surface area contributed by atoms with E-state index in [9.17, 15) is 0 Å². The molecule has 0 spiro atoms. The summed E-state index contributed by atoms with van der Waals surface area (Å²) in [6, 6.07) is 10.1. The van der Waals surface area contributed by atoms with Crippen molar-refractivity contribution in [3.63, 3.8) is 0 Å². The molecule has 0 aliphatic rings. The Bertz CT molecular complexity index is 377. The van der Waals surface area contributed by atoms with E-state index in [1.165, 1.54) is 5.39 Å². The number of rotatable bonds is 4. The molecular formula is C11H12ClNO. The van der Waals surface area contributed by atoms with Gasteiger partial charge in [0.05, 0.1) is 6.61 Å². The van der Waals surface area contributed by atoms with Crippen molar-refractivity contribution in [2.24, 2.45) is 0 Å². The Morgan fingerprint density at radius 1 is 1.29 bits per heavy atom. The number of aromatic nitrogens is 1. The van der Waals surface area contributed by atoms with Gasteiger partial charge in [0.15, 0.2) is 5.88 Å². The molecule has 0 saturated carbocycles. The number of halogens is 1. The van der Waals surface area contributed by atoms with E-state index in [0.717, 1.165) is 17.8 Å². The van der Waals surface area contributed by atoms with Gasteiger partial charge in [-0.25, -0.2) is 0 Å². The molecule has 2 rings (SSSR count). The minimum atomic E-state index is 0.639. The highest BCUT2D eigenvalue weighted by Gasteiger charge is 1.99. The summed E-state index contributed by atoms with van der Waals surface area (Å²) in [5.74, 6) is 1.46. The van der Waals surface area contributed by atoms with E-state index in [1.807, 2.05) is 24.3 Å². The van der Waals surface area contributed by atoms with E-state index in [1.54, 1.807) is 0 Å². The Labute approximate surface area is 87.8 Å². The fourth-order valence-corrected chi connectivity index (χ4v) is 1.47. The molecule has 0 radical (unpaired) electrons. The summed E-state index contributed by atoms with van der Waals surface area (Å²) in [6.45, 7) is 0.663. The van der Waals surface area contributed by atoms with Crippen LogP contribution in [0.5, 0.6) is 5.88 Å². The van der Waals surface area contributed by atoms with Gasteiger partial charge >= 0.3 is 0 Å². The first-order chi connectivity index (χ1) is 6.90. The van der Waals surface area contributed by atoms with Crippen LogP contribution in [0.4, 0.5) is 0 Å². The molecule has 0 unspecified atom stereocenters. The minimum absolute atomic E-state index is 0.639. The van der Waals surface area contributed by atoms with Crippen LogP contribution in [0.3, 0.4) is 0 Å². The number of hydrogen-bond acceptors (Lipinski definition) is 1. The smallest absolute Gasteiger partial charge is 0.191 e. The molecular weight excluding hydrogens is 198 g/mol. The van der Waals surface area contributed by atoms with Gasteiger partial charge in [-0.3, -0.25) is 0 Å². The van der Waals surface area contributed by atoms with E-state index in [2.05, 4.69) is 11.1 Å². The Morgan fingerprint density at radius 2 is 2.14 bits per heavy atom. The average Bonchev–Trinajstić information content (AvgIpc) is 2.60. The second kappa shape index (κ2) is 4.38. The van der Waals surface area contributed by atoms with Crippen molar-refractivity contribution in [1.82, 2.24) is 4.98 Å². The molecule has 0 aliphatic carbocycles. The molecule has 1 aromatic heterocycles. The van der Waals surface area contributed by atoms with Crippen molar-refractivity contribution < 1.29 is 4.74 Å². The highest BCUT2D eigenvalue weighted by atomic mass is 35.5. The predicted octanol–water partition coefficient (Wildman–Crippen LogP) is 3.18. The highest BCUT2D eigenvalue weighted by Crippen LogP contribution is 2.19. The van der Waals surface area contributed by atoms with Crippen molar-refractivity contribution >= 4 is 22.5 Å². The van der Waals surface area contributed by atoms with Crippen LogP contribution in [-0.2, 0) is 0 Å². The summed E-state index contributed by atoms with van der Waals surface area (Å²) in [6.07, 6.45) is 0.872. The summed E-state index contributed by atoms with van der Waals surface area (Å²) >= 11 is 5.56. The van der Waals surface area contributed by atoms with Crippen molar-refractivity contribution in [2.45, 2.75) is 6.42 Å². The third-order valence-corrected chi connectivity index (χ3v) is 2.31. The highest BCUT2D eigenvalue weighted by molar-refractivity contribution is 6.17. The molecule has 1 heterocycles. The molecule has 74 valence electrons. The third-order valence-electron chi connectivity index (χ3n) is 2.04. The topological polar surface area (TPSA) is 25.0 Å². The molecule has 0 bridgehead atoms. The lowest BCUT2D eigenvalue weighted by Crippen LogP contribution is -1.97. The lowest BCUT2D eigenvalue weighted by Gasteiger charge is -1.99. The van der Waals surface area contributed by atoms with Gasteiger partial charge in [0.2, 0.25) is 0 Å². The van der Waals surface area contributed by atoms with Gasteiger partial charge in [-0.2, -0.15) is 0 Å². The molecule has 2 aromatic rings. The van der Waals surface area contributed by atoms with Crippen molar-refractivity contribution in [2.75, 3.05) is 12.5 Å². The van der Waals surface area contributed by atoms with Crippen LogP contribution in [0.25, 0.3) is 10.9 Å². The normalized spacial score (nSPS) is 10.6. The van der Waals surface area contributed by atoms with Crippen molar-refractivity contribution in [3.8, 4) is 5.88 Å². The van der Waals surface area contributed by atoms with Gasteiger partial charge in [0.25, 0.3) is 0 Å². The maximum absolute atomic E-state index is 5.56. The summed E-state index contributed by atoms with van der Waals surface area (Å²) in [5.41, 5.74) is 1.10. The monoisotopic (exact) mass is 209 g/mol. The Kier molecular flexibility index (Phi) is 2.94. The van der Waals surface area contributed by atoms with Crippen LogP contribution >= 0.6 is 11.6 Å². The number of para-hydroxylation sites is 1. The van der Waals surface area contributed by atoms with Gasteiger partial charge in [-0.15, -0.1) is 11.6 Å². The molecule has 0 amide bonds. The maximum atomic E-state index is 5.56. The molecule has 1 aromatic carbocycles. The van der Waals surface area contributed by atoms with Gasteiger partial charge in [-0.1, -0.05) is 18.2 Å². The molecule has 0 fully saturated rings. The van der Waals surface area contributed by atoms with Crippen LogP contribution in [0, 0.1) is 0 Å². The summed E-state index contributed by atoms with van der Waals surface area (Å²) in [5, 5.41) is 1.17. The number of alkyl halides is 1. The zero-order valence-electron chi connectivity index (χ0n) is 7.79. The van der Waals surface area contributed by atoms with Crippen LogP contribution in [0.15, 0.2) is 30.3 Å². The van der Waals surface area contributed by atoms with Crippen LogP contribution < -0.4 is 4.74 Å². The van der Waals surface area contributed by atoms with Gasteiger partial charge < -0.3 is 9.72 Å². The van der Waals surface area contributed by atoms with Gasteiger partial charge in [0.1, 0.15) is 0 Å². The minimum Gasteiger partial charge on any atom is -0.479 e. The van der Waals surface area contributed by atoms with Crippen LogP contribution in [0.2, 0.25) is 0 Å². The molecule has 0 atom stereocenters. The quantitative estimate of drug-likeness (QED) is 0.607. The predicted molar refractivity (Wildman–Crippen MR) is 59.1 cm³/mol. The Hall–Kier alpha value is -1.15. The van der Waals surface area contributed by atoms with Crippen LogP contribution in [0.1, 0.15) is 6.42 Å². The molecule has 2 nitrogen and oxygen atoms in total. The fourth-order valence-electron chi connectivity index (χ4n) is 1.36. The Morgan fingerprint density at radius 3 is 2.93 bits per heavy atom. The maximum Gasteiger partial charge on any atom is 0.191 e. The largest absolute Gasteiger partial charge is 0.479 e. The van der Waals surface area contributed by atoms with E-state index < -0.39 is 0 Å². The number of hydrogen-bond donors (Lipinski definition) is 1. The molecule has 0 saturated heterocycles. The van der Waals surface area contributed by atoms with E-state index in [-0.39, 0.29) is 0 Å². The Balaban J connectivity index is 2.11. The van der Waals surface area contributed by atoms with E-state index in [0.29, 0.717) is 12.5 Å².